The van der Waals surface area contributed by atoms with Crippen LogP contribution in [0.3, 0.4) is 0 Å². The number of hydrogen-bond donors (Lipinski definition) is 2. The van der Waals surface area contributed by atoms with E-state index in [-0.39, 0.29) is 11.6 Å². The van der Waals surface area contributed by atoms with Crippen molar-refractivity contribution in [3.63, 3.8) is 0 Å². The van der Waals surface area contributed by atoms with Gasteiger partial charge in [-0.05, 0) is 36.2 Å². The van der Waals surface area contributed by atoms with E-state index in [1.807, 2.05) is 25.1 Å². The zero-order valence-electron chi connectivity index (χ0n) is 9.57. The van der Waals surface area contributed by atoms with Crippen LogP contribution in [-0.4, -0.2) is 4.98 Å². The summed E-state index contributed by atoms with van der Waals surface area (Å²) in [6.07, 6.45) is 1.55. The van der Waals surface area contributed by atoms with Crippen LogP contribution in [0.15, 0.2) is 36.5 Å². The molecule has 1 heterocycles. The van der Waals surface area contributed by atoms with E-state index in [0.717, 1.165) is 16.8 Å². The number of anilines is 2. The van der Waals surface area contributed by atoms with Gasteiger partial charge in [-0.1, -0.05) is 12.1 Å². The van der Waals surface area contributed by atoms with Gasteiger partial charge in [0.05, 0.1) is 0 Å². The molecule has 0 bridgehead atoms. The molecular formula is C13H14FN3. The normalized spacial score (nSPS) is 10.2. The molecule has 0 spiro atoms. The van der Waals surface area contributed by atoms with E-state index in [1.165, 1.54) is 6.07 Å². The summed E-state index contributed by atoms with van der Waals surface area (Å²) in [5, 5.41) is 2.96. The van der Waals surface area contributed by atoms with Gasteiger partial charge >= 0.3 is 0 Å². The van der Waals surface area contributed by atoms with E-state index in [0.29, 0.717) is 6.54 Å². The SMILES string of the molecule is Cc1c(N)cccc1CNc1ncccc1F. The maximum absolute atomic E-state index is 13.3. The van der Waals surface area contributed by atoms with Crippen molar-refractivity contribution in [1.82, 2.24) is 4.98 Å². The fourth-order valence-electron chi connectivity index (χ4n) is 1.59. The lowest BCUT2D eigenvalue weighted by Gasteiger charge is -2.10. The van der Waals surface area contributed by atoms with Crippen molar-refractivity contribution in [3.05, 3.63) is 53.5 Å². The molecule has 0 unspecified atom stereocenters. The zero-order valence-corrected chi connectivity index (χ0v) is 9.57. The van der Waals surface area contributed by atoms with Gasteiger partial charge in [0.1, 0.15) is 0 Å². The molecule has 2 aromatic rings. The number of halogens is 1. The Kier molecular flexibility index (Phi) is 3.23. The van der Waals surface area contributed by atoms with Crippen LogP contribution in [-0.2, 0) is 6.54 Å². The Morgan fingerprint density at radius 2 is 2.12 bits per heavy atom. The van der Waals surface area contributed by atoms with Crippen LogP contribution in [0.5, 0.6) is 0 Å². The molecule has 1 aromatic carbocycles. The number of nitrogens with one attached hydrogen (secondary N) is 1. The highest BCUT2D eigenvalue weighted by Gasteiger charge is 2.04. The molecule has 17 heavy (non-hydrogen) atoms. The lowest BCUT2D eigenvalue weighted by molar-refractivity contribution is 0.624. The van der Waals surface area contributed by atoms with Crippen LogP contribution in [0.1, 0.15) is 11.1 Å². The zero-order chi connectivity index (χ0) is 12.3. The van der Waals surface area contributed by atoms with Crippen molar-refractivity contribution < 1.29 is 4.39 Å². The number of rotatable bonds is 3. The molecule has 0 saturated carbocycles. The third-order valence-electron chi connectivity index (χ3n) is 2.69. The molecule has 0 aliphatic heterocycles. The van der Waals surface area contributed by atoms with Gasteiger partial charge in [0.15, 0.2) is 11.6 Å². The minimum atomic E-state index is -0.353. The molecule has 0 saturated heterocycles. The number of aromatic nitrogens is 1. The molecule has 0 aliphatic rings. The van der Waals surface area contributed by atoms with E-state index in [2.05, 4.69) is 10.3 Å². The van der Waals surface area contributed by atoms with Crippen molar-refractivity contribution in [2.24, 2.45) is 0 Å². The second-order valence-electron chi connectivity index (χ2n) is 3.82. The molecule has 0 radical (unpaired) electrons. The van der Waals surface area contributed by atoms with Gasteiger partial charge in [0, 0.05) is 18.4 Å². The Bertz CT molecular complexity index is 526. The standard InChI is InChI=1S/C13H14FN3/c1-9-10(4-2-6-12(9)15)8-17-13-11(14)5-3-7-16-13/h2-7H,8,15H2,1H3,(H,16,17). The Labute approximate surface area is 99.5 Å². The van der Waals surface area contributed by atoms with Crippen molar-refractivity contribution in [3.8, 4) is 0 Å². The first kappa shape index (κ1) is 11.4. The van der Waals surface area contributed by atoms with Gasteiger partial charge in [0.2, 0.25) is 0 Å². The van der Waals surface area contributed by atoms with Gasteiger partial charge in [-0.15, -0.1) is 0 Å². The predicted molar refractivity (Wildman–Crippen MR) is 67.1 cm³/mol. The summed E-state index contributed by atoms with van der Waals surface area (Å²) in [7, 11) is 0. The van der Waals surface area contributed by atoms with Gasteiger partial charge in [-0.3, -0.25) is 0 Å². The molecule has 0 atom stereocenters. The van der Waals surface area contributed by atoms with Crippen molar-refractivity contribution in [2.75, 3.05) is 11.1 Å². The van der Waals surface area contributed by atoms with Crippen LogP contribution in [0, 0.1) is 12.7 Å². The molecule has 2 rings (SSSR count). The second-order valence-corrected chi connectivity index (χ2v) is 3.82. The summed E-state index contributed by atoms with van der Waals surface area (Å²) in [4.78, 5) is 3.93. The average Bonchev–Trinajstić information content (AvgIpc) is 2.33. The van der Waals surface area contributed by atoms with Crippen molar-refractivity contribution in [1.29, 1.82) is 0 Å². The highest BCUT2D eigenvalue weighted by Crippen LogP contribution is 2.17. The Balaban J connectivity index is 2.13. The number of benzene rings is 1. The molecule has 0 fully saturated rings. The van der Waals surface area contributed by atoms with Crippen LogP contribution in [0.2, 0.25) is 0 Å². The third-order valence-corrected chi connectivity index (χ3v) is 2.69. The molecular weight excluding hydrogens is 217 g/mol. The first-order valence-corrected chi connectivity index (χ1v) is 5.37. The van der Waals surface area contributed by atoms with Crippen LogP contribution < -0.4 is 11.1 Å². The first-order chi connectivity index (χ1) is 8.18. The van der Waals surface area contributed by atoms with Crippen molar-refractivity contribution in [2.45, 2.75) is 13.5 Å². The number of nitrogens with two attached hydrogens (primary N) is 1. The van der Waals surface area contributed by atoms with Gasteiger partial charge < -0.3 is 11.1 Å². The minimum Gasteiger partial charge on any atom is -0.399 e. The van der Waals surface area contributed by atoms with Crippen molar-refractivity contribution >= 4 is 11.5 Å². The predicted octanol–water partition coefficient (Wildman–Crippen LogP) is 2.72. The summed E-state index contributed by atoms with van der Waals surface area (Å²) in [6, 6.07) is 8.63. The van der Waals surface area contributed by atoms with E-state index in [4.69, 9.17) is 5.73 Å². The minimum absolute atomic E-state index is 0.259. The number of nitrogen functional groups attached to an aromatic ring is 1. The third kappa shape index (κ3) is 2.53. The number of nitrogens with zero attached hydrogens (tertiary/aromatic N) is 1. The molecule has 0 aliphatic carbocycles. The smallest absolute Gasteiger partial charge is 0.165 e. The molecule has 0 amide bonds. The fourth-order valence-corrected chi connectivity index (χ4v) is 1.59. The molecule has 3 N–H and O–H groups in total. The topological polar surface area (TPSA) is 50.9 Å². The van der Waals surface area contributed by atoms with Gasteiger partial charge in [-0.2, -0.15) is 0 Å². The Morgan fingerprint density at radius 3 is 2.88 bits per heavy atom. The summed E-state index contributed by atoms with van der Waals surface area (Å²) >= 11 is 0. The average molecular weight is 231 g/mol. The molecule has 1 aromatic heterocycles. The Hall–Kier alpha value is -2.10. The van der Waals surface area contributed by atoms with Crippen LogP contribution in [0.25, 0.3) is 0 Å². The van der Waals surface area contributed by atoms with Crippen LogP contribution >= 0.6 is 0 Å². The monoisotopic (exact) mass is 231 g/mol. The molecule has 88 valence electrons. The maximum Gasteiger partial charge on any atom is 0.165 e. The van der Waals surface area contributed by atoms with E-state index in [1.54, 1.807) is 12.3 Å². The highest BCUT2D eigenvalue weighted by molar-refractivity contribution is 5.51. The number of pyridine rings is 1. The van der Waals surface area contributed by atoms with E-state index in [9.17, 15) is 4.39 Å². The molecule has 4 heteroatoms. The van der Waals surface area contributed by atoms with Gasteiger partial charge in [-0.25, -0.2) is 9.37 Å². The van der Waals surface area contributed by atoms with E-state index >= 15 is 0 Å². The van der Waals surface area contributed by atoms with E-state index < -0.39 is 0 Å². The summed E-state index contributed by atoms with van der Waals surface area (Å²) < 4.78 is 13.3. The molecule has 3 nitrogen and oxygen atoms in total. The van der Waals surface area contributed by atoms with Gasteiger partial charge in [0.25, 0.3) is 0 Å². The quantitative estimate of drug-likeness (QED) is 0.798. The second kappa shape index (κ2) is 4.82. The fraction of sp³-hybridized carbons (Fsp3) is 0.154. The summed E-state index contributed by atoms with van der Waals surface area (Å²) in [5.41, 5.74) is 8.59. The largest absolute Gasteiger partial charge is 0.399 e. The lowest BCUT2D eigenvalue weighted by atomic mass is 10.1. The highest BCUT2D eigenvalue weighted by atomic mass is 19.1. The lowest BCUT2D eigenvalue weighted by Crippen LogP contribution is -2.05. The Morgan fingerprint density at radius 1 is 1.29 bits per heavy atom. The summed E-state index contributed by atoms with van der Waals surface area (Å²) in [6.45, 7) is 2.45. The first-order valence-electron chi connectivity index (χ1n) is 5.37. The maximum atomic E-state index is 13.3. The van der Waals surface area contributed by atoms with Crippen LogP contribution in [0.4, 0.5) is 15.9 Å². The summed E-state index contributed by atoms with van der Waals surface area (Å²) in [5.74, 6) is -0.0941. The number of hydrogen-bond acceptors (Lipinski definition) is 3.